The molecular formula is C22H27N5O2. The van der Waals surface area contributed by atoms with E-state index in [-0.39, 0.29) is 17.7 Å². The van der Waals surface area contributed by atoms with E-state index in [9.17, 15) is 9.59 Å². The summed E-state index contributed by atoms with van der Waals surface area (Å²) in [6.07, 6.45) is 4.67. The van der Waals surface area contributed by atoms with Gasteiger partial charge in [-0.15, -0.1) is 0 Å². The number of carbonyl (C=O) groups excluding carboxylic acids is 2. The van der Waals surface area contributed by atoms with Crippen LogP contribution in [0.5, 0.6) is 0 Å². The molecule has 3 aliphatic heterocycles. The SMILES string of the molecule is Cc1ncn(CCNC(=O)[C@H]2C[C@H]3CCCN3[C@]23C(=O)Nc2ccccc23)c1C. The Hall–Kier alpha value is -2.67. The molecule has 2 fully saturated rings. The Labute approximate surface area is 170 Å². The van der Waals surface area contributed by atoms with Gasteiger partial charge in [0, 0.05) is 36.1 Å². The lowest BCUT2D eigenvalue weighted by Crippen LogP contribution is -2.54. The van der Waals surface area contributed by atoms with Crippen molar-refractivity contribution in [1.82, 2.24) is 19.8 Å². The van der Waals surface area contributed by atoms with Crippen LogP contribution in [0.4, 0.5) is 5.69 Å². The van der Waals surface area contributed by atoms with Crippen LogP contribution in [-0.4, -0.2) is 45.4 Å². The van der Waals surface area contributed by atoms with Crippen molar-refractivity contribution < 1.29 is 9.59 Å². The van der Waals surface area contributed by atoms with Gasteiger partial charge in [-0.2, -0.15) is 0 Å². The number of benzene rings is 1. The quantitative estimate of drug-likeness (QED) is 0.832. The van der Waals surface area contributed by atoms with Crippen molar-refractivity contribution in [1.29, 1.82) is 0 Å². The van der Waals surface area contributed by atoms with Crippen molar-refractivity contribution in [3.05, 3.63) is 47.5 Å². The number of anilines is 1. The van der Waals surface area contributed by atoms with Crippen LogP contribution in [0, 0.1) is 19.8 Å². The average molecular weight is 393 g/mol. The highest BCUT2D eigenvalue weighted by molar-refractivity contribution is 6.09. The lowest BCUT2D eigenvalue weighted by molar-refractivity contribution is -0.137. The van der Waals surface area contributed by atoms with Gasteiger partial charge in [0.1, 0.15) is 5.54 Å². The fourth-order valence-electron chi connectivity index (χ4n) is 5.57. The largest absolute Gasteiger partial charge is 0.354 e. The zero-order valence-electron chi connectivity index (χ0n) is 16.9. The van der Waals surface area contributed by atoms with E-state index in [2.05, 4.69) is 25.1 Å². The smallest absolute Gasteiger partial charge is 0.250 e. The van der Waals surface area contributed by atoms with Gasteiger partial charge < -0.3 is 15.2 Å². The van der Waals surface area contributed by atoms with Crippen LogP contribution in [0.25, 0.3) is 0 Å². The first-order valence-corrected chi connectivity index (χ1v) is 10.5. The van der Waals surface area contributed by atoms with Gasteiger partial charge in [0.05, 0.1) is 17.9 Å². The molecule has 7 heteroatoms. The van der Waals surface area contributed by atoms with Crippen LogP contribution in [0.15, 0.2) is 30.6 Å². The Bertz CT molecular complexity index is 983. The van der Waals surface area contributed by atoms with E-state index in [4.69, 9.17) is 0 Å². The zero-order chi connectivity index (χ0) is 20.2. The summed E-state index contributed by atoms with van der Waals surface area (Å²) in [5.74, 6) is -0.452. The molecule has 2 aromatic rings. The number of rotatable bonds is 4. The number of aromatic nitrogens is 2. The predicted molar refractivity (Wildman–Crippen MR) is 109 cm³/mol. The second-order valence-electron chi connectivity index (χ2n) is 8.44. The number of hydrogen-bond acceptors (Lipinski definition) is 4. The number of nitrogens with one attached hydrogen (secondary N) is 2. The molecule has 0 unspecified atom stereocenters. The maximum absolute atomic E-state index is 13.3. The van der Waals surface area contributed by atoms with E-state index < -0.39 is 5.54 Å². The molecule has 3 aliphatic rings. The number of aryl methyl sites for hydroxylation is 1. The van der Waals surface area contributed by atoms with Crippen LogP contribution >= 0.6 is 0 Å². The number of para-hydroxylation sites is 1. The van der Waals surface area contributed by atoms with Gasteiger partial charge in [-0.3, -0.25) is 14.5 Å². The lowest BCUT2D eigenvalue weighted by atomic mass is 9.78. The van der Waals surface area contributed by atoms with Crippen LogP contribution in [0.3, 0.4) is 0 Å². The third-order valence-electron chi connectivity index (χ3n) is 7.09. The van der Waals surface area contributed by atoms with E-state index in [0.29, 0.717) is 19.1 Å². The summed E-state index contributed by atoms with van der Waals surface area (Å²) in [5.41, 5.74) is 3.04. The summed E-state index contributed by atoms with van der Waals surface area (Å²) in [6.45, 7) is 6.08. The van der Waals surface area contributed by atoms with Gasteiger partial charge in [0.25, 0.3) is 0 Å². The molecule has 2 saturated heterocycles. The molecule has 5 rings (SSSR count). The van der Waals surface area contributed by atoms with E-state index >= 15 is 0 Å². The van der Waals surface area contributed by atoms with Crippen molar-refractivity contribution >= 4 is 17.5 Å². The normalized spacial score (nSPS) is 27.9. The Morgan fingerprint density at radius 1 is 1.34 bits per heavy atom. The van der Waals surface area contributed by atoms with E-state index in [0.717, 1.165) is 48.4 Å². The van der Waals surface area contributed by atoms with Crippen molar-refractivity contribution in [3.8, 4) is 0 Å². The van der Waals surface area contributed by atoms with Crippen LogP contribution < -0.4 is 10.6 Å². The van der Waals surface area contributed by atoms with Gasteiger partial charge in [0.15, 0.2) is 0 Å². The standard InChI is InChI=1S/C22H27N5O2/c1-14-15(2)26(13-24-14)11-9-23-20(28)18-12-16-6-5-10-27(16)22(18)17-7-3-4-8-19(17)25-21(22)29/h3-4,7-8,13,16,18H,5-6,9-12H2,1-2H3,(H,23,28)(H,25,29)/t16-,18-,22+/m1/s1. The van der Waals surface area contributed by atoms with E-state index in [1.807, 2.05) is 44.4 Å². The van der Waals surface area contributed by atoms with Gasteiger partial charge in [-0.05, 0) is 45.7 Å². The highest BCUT2D eigenvalue weighted by atomic mass is 16.2. The minimum absolute atomic E-state index is 0.0271. The Balaban J connectivity index is 1.41. The second-order valence-corrected chi connectivity index (χ2v) is 8.44. The maximum Gasteiger partial charge on any atom is 0.250 e. The van der Waals surface area contributed by atoms with Crippen LogP contribution in [0.2, 0.25) is 0 Å². The molecule has 4 heterocycles. The molecule has 2 amide bonds. The first-order chi connectivity index (χ1) is 14.0. The molecule has 0 saturated carbocycles. The highest BCUT2D eigenvalue weighted by Gasteiger charge is 2.65. The molecule has 3 atom stereocenters. The summed E-state index contributed by atoms with van der Waals surface area (Å²) in [5, 5.41) is 6.15. The zero-order valence-corrected chi connectivity index (χ0v) is 16.9. The molecule has 29 heavy (non-hydrogen) atoms. The number of amides is 2. The minimum Gasteiger partial charge on any atom is -0.354 e. The Morgan fingerprint density at radius 2 is 2.17 bits per heavy atom. The molecule has 1 spiro atoms. The van der Waals surface area contributed by atoms with E-state index in [1.165, 1.54) is 0 Å². The molecule has 2 N–H and O–H groups in total. The Kier molecular flexibility index (Phi) is 4.24. The lowest BCUT2D eigenvalue weighted by Gasteiger charge is -2.36. The fourth-order valence-corrected chi connectivity index (χ4v) is 5.57. The van der Waals surface area contributed by atoms with Gasteiger partial charge in [-0.25, -0.2) is 4.98 Å². The molecule has 7 nitrogen and oxygen atoms in total. The number of nitrogens with zero attached hydrogens (tertiary/aromatic N) is 3. The molecule has 152 valence electrons. The number of fused-ring (bicyclic) bond motifs is 4. The van der Waals surface area contributed by atoms with Gasteiger partial charge >= 0.3 is 0 Å². The number of hydrogen-bond donors (Lipinski definition) is 2. The van der Waals surface area contributed by atoms with Crippen molar-refractivity contribution in [2.24, 2.45) is 5.92 Å². The third-order valence-corrected chi connectivity index (χ3v) is 7.09. The van der Waals surface area contributed by atoms with Gasteiger partial charge in [0.2, 0.25) is 11.8 Å². The summed E-state index contributed by atoms with van der Waals surface area (Å²) in [4.78, 5) is 33.2. The summed E-state index contributed by atoms with van der Waals surface area (Å²) >= 11 is 0. The Morgan fingerprint density at radius 3 is 2.97 bits per heavy atom. The third kappa shape index (κ3) is 2.56. The first kappa shape index (κ1) is 18.4. The molecule has 0 radical (unpaired) electrons. The van der Waals surface area contributed by atoms with Crippen LogP contribution in [0.1, 0.15) is 36.2 Å². The highest BCUT2D eigenvalue weighted by Crippen LogP contribution is 2.55. The van der Waals surface area contributed by atoms with Crippen molar-refractivity contribution in [2.45, 2.75) is 51.2 Å². The topological polar surface area (TPSA) is 79.3 Å². The summed E-state index contributed by atoms with van der Waals surface area (Å²) < 4.78 is 2.05. The minimum atomic E-state index is -0.872. The molecule has 1 aromatic heterocycles. The number of imidazole rings is 1. The molecule has 1 aromatic carbocycles. The second kappa shape index (κ2) is 6.69. The first-order valence-electron chi connectivity index (χ1n) is 10.5. The molecule has 0 aliphatic carbocycles. The predicted octanol–water partition coefficient (Wildman–Crippen LogP) is 1.95. The van der Waals surface area contributed by atoms with Crippen molar-refractivity contribution in [2.75, 3.05) is 18.4 Å². The van der Waals surface area contributed by atoms with Gasteiger partial charge in [-0.1, -0.05) is 18.2 Å². The van der Waals surface area contributed by atoms with Crippen LogP contribution in [-0.2, 0) is 21.7 Å². The number of carbonyl (C=O) groups is 2. The molecule has 0 bridgehead atoms. The summed E-state index contributed by atoms with van der Waals surface area (Å²) in [7, 11) is 0. The molecular weight excluding hydrogens is 366 g/mol. The summed E-state index contributed by atoms with van der Waals surface area (Å²) in [6, 6.07) is 8.12. The average Bonchev–Trinajstić information content (AvgIpc) is 3.44. The fraction of sp³-hybridized carbons (Fsp3) is 0.500. The van der Waals surface area contributed by atoms with E-state index in [1.54, 1.807) is 0 Å². The van der Waals surface area contributed by atoms with Crippen molar-refractivity contribution in [3.63, 3.8) is 0 Å². The maximum atomic E-state index is 13.3. The monoisotopic (exact) mass is 393 g/mol.